The van der Waals surface area contributed by atoms with Gasteiger partial charge in [0.2, 0.25) is 0 Å². The molecule has 2 aromatic heterocycles. The number of nitrogens with one attached hydrogen (secondary N) is 1. The molecule has 0 unspecified atom stereocenters. The van der Waals surface area contributed by atoms with Crippen LogP contribution < -0.4 is 0 Å². The van der Waals surface area contributed by atoms with E-state index in [0.29, 0.717) is 0 Å². The Labute approximate surface area is 78.7 Å². The molecular formula is C11H14N2. The van der Waals surface area contributed by atoms with E-state index < -0.39 is 0 Å². The van der Waals surface area contributed by atoms with Gasteiger partial charge in [0.15, 0.2) is 0 Å². The van der Waals surface area contributed by atoms with Crippen molar-refractivity contribution >= 4 is 0 Å². The van der Waals surface area contributed by atoms with Gasteiger partial charge in [0, 0.05) is 23.8 Å². The fraction of sp³-hybridized carbons (Fsp3) is 0.182. The van der Waals surface area contributed by atoms with Crippen LogP contribution in [-0.4, -0.2) is 9.97 Å². The number of hydrogen-bond donors (Lipinski definition) is 1. The van der Waals surface area contributed by atoms with E-state index in [-0.39, 0.29) is 0 Å². The van der Waals surface area contributed by atoms with Crippen molar-refractivity contribution < 1.29 is 0 Å². The average molecular weight is 174 g/mol. The molecule has 0 fully saturated rings. The zero-order valence-corrected chi connectivity index (χ0v) is 7.99. The van der Waals surface area contributed by atoms with Gasteiger partial charge in [0.25, 0.3) is 0 Å². The third kappa shape index (κ3) is 4.11. The van der Waals surface area contributed by atoms with E-state index in [9.17, 15) is 0 Å². The standard InChI is InChI=1S/C6H9N.C5H5N/c1-5-3-4-6(2)7-5;1-2-4-6-5-3-1/h3-4,7H,1-2H3;1-5H. The summed E-state index contributed by atoms with van der Waals surface area (Å²) in [5, 5.41) is 0. The Balaban J connectivity index is 0.000000132. The second-order valence-electron chi connectivity index (χ2n) is 2.85. The summed E-state index contributed by atoms with van der Waals surface area (Å²) in [6, 6.07) is 9.84. The average Bonchev–Trinajstić information content (AvgIpc) is 2.54. The Bertz CT molecular complexity index is 282. The van der Waals surface area contributed by atoms with Gasteiger partial charge in [-0.3, -0.25) is 4.98 Å². The van der Waals surface area contributed by atoms with Crippen LogP contribution in [0.2, 0.25) is 0 Å². The number of aromatic amines is 1. The van der Waals surface area contributed by atoms with Crippen molar-refractivity contribution in [1.29, 1.82) is 0 Å². The molecule has 0 amide bonds. The molecule has 0 atom stereocenters. The fourth-order valence-corrected chi connectivity index (χ4v) is 0.957. The van der Waals surface area contributed by atoms with Crippen LogP contribution >= 0.6 is 0 Å². The zero-order chi connectivity index (χ0) is 9.52. The van der Waals surface area contributed by atoms with Gasteiger partial charge in [0.05, 0.1) is 0 Å². The number of hydrogen-bond acceptors (Lipinski definition) is 1. The first-order valence-electron chi connectivity index (χ1n) is 4.26. The molecule has 1 N–H and O–H groups in total. The minimum Gasteiger partial charge on any atom is -0.363 e. The molecule has 2 rings (SSSR count). The van der Waals surface area contributed by atoms with Crippen LogP contribution in [0.25, 0.3) is 0 Å². The molecule has 0 spiro atoms. The second-order valence-corrected chi connectivity index (χ2v) is 2.85. The van der Waals surface area contributed by atoms with Crippen LogP contribution in [0.4, 0.5) is 0 Å². The van der Waals surface area contributed by atoms with E-state index >= 15 is 0 Å². The molecule has 0 saturated carbocycles. The topological polar surface area (TPSA) is 28.7 Å². The maximum Gasteiger partial charge on any atom is 0.0267 e. The number of H-pyrrole nitrogens is 1. The third-order valence-electron chi connectivity index (χ3n) is 1.54. The molecule has 0 aliphatic heterocycles. The first-order valence-corrected chi connectivity index (χ1v) is 4.26. The highest BCUT2D eigenvalue weighted by Gasteiger charge is 1.82. The van der Waals surface area contributed by atoms with Crippen LogP contribution in [0.5, 0.6) is 0 Å². The number of nitrogens with zero attached hydrogens (tertiary/aromatic N) is 1. The molecule has 0 aliphatic rings. The number of aromatic nitrogens is 2. The number of aryl methyl sites for hydroxylation is 2. The molecule has 2 nitrogen and oxygen atoms in total. The van der Waals surface area contributed by atoms with Crippen LogP contribution in [0.15, 0.2) is 42.7 Å². The van der Waals surface area contributed by atoms with Crippen molar-refractivity contribution in [3.63, 3.8) is 0 Å². The van der Waals surface area contributed by atoms with Gasteiger partial charge in [-0.2, -0.15) is 0 Å². The van der Waals surface area contributed by atoms with Crippen LogP contribution in [0.1, 0.15) is 11.4 Å². The van der Waals surface area contributed by atoms with Gasteiger partial charge in [-0.05, 0) is 38.1 Å². The molecule has 13 heavy (non-hydrogen) atoms. The molecule has 0 radical (unpaired) electrons. The summed E-state index contributed by atoms with van der Waals surface area (Å²) < 4.78 is 0. The zero-order valence-electron chi connectivity index (χ0n) is 7.99. The Morgan fingerprint density at radius 3 is 1.62 bits per heavy atom. The largest absolute Gasteiger partial charge is 0.363 e. The monoisotopic (exact) mass is 174 g/mol. The highest BCUT2D eigenvalue weighted by atomic mass is 14.7. The van der Waals surface area contributed by atoms with Crippen molar-refractivity contribution in [3.05, 3.63) is 54.1 Å². The van der Waals surface area contributed by atoms with Crippen LogP contribution in [0, 0.1) is 13.8 Å². The lowest BCUT2D eigenvalue weighted by molar-refractivity contribution is 1.19. The van der Waals surface area contributed by atoms with Gasteiger partial charge in [-0.15, -0.1) is 0 Å². The summed E-state index contributed by atoms with van der Waals surface area (Å²) in [6.07, 6.45) is 3.50. The van der Waals surface area contributed by atoms with E-state index in [4.69, 9.17) is 0 Å². The molecule has 0 aromatic carbocycles. The van der Waals surface area contributed by atoms with Gasteiger partial charge in [0.1, 0.15) is 0 Å². The van der Waals surface area contributed by atoms with Crippen molar-refractivity contribution in [3.8, 4) is 0 Å². The van der Waals surface area contributed by atoms with E-state index in [1.165, 1.54) is 11.4 Å². The number of rotatable bonds is 0. The molecule has 2 heterocycles. The van der Waals surface area contributed by atoms with Crippen molar-refractivity contribution in [2.45, 2.75) is 13.8 Å². The van der Waals surface area contributed by atoms with Crippen molar-refractivity contribution in [2.24, 2.45) is 0 Å². The van der Waals surface area contributed by atoms with Crippen molar-refractivity contribution in [2.75, 3.05) is 0 Å². The number of pyridine rings is 1. The van der Waals surface area contributed by atoms with Gasteiger partial charge >= 0.3 is 0 Å². The summed E-state index contributed by atoms with van der Waals surface area (Å²) in [7, 11) is 0. The molecule has 2 aromatic rings. The smallest absolute Gasteiger partial charge is 0.0267 e. The normalized spacial score (nSPS) is 8.77. The van der Waals surface area contributed by atoms with Gasteiger partial charge < -0.3 is 4.98 Å². The molecule has 0 bridgehead atoms. The lowest BCUT2D eigenvalue weighted by Crippen LogP contribution is -1.67. The summed E-state index contributed by atoms with van der Waals surface area (Å²) >= 11 is 0. The minimum absolute atomic E-state index is 1.23. The first kappa shape index (κ1) is 9.52. The predicted molar refractivity (Wildman–Crippen MR) is 54.5 cm³/mol. The first-order chi connectivity index (χ1) is 6.29. The lowest BCUT2D eigenvalue weighted by atomic mass is 10.5. The summed E-state index contributed by atoms with van der Waals surface area (Å²) in [5.41, 5.74) is 2.47. The highest BCUT2D eigenvalue weighted by molar-refractivity contribution is 5.09. The molecule has 2 heteroatoms. The predicted octanol–water partition coefficient (Wildman–Crippen LogP) is 2.71. The lowest BCUT2D eigenvalue weighted by Gasteiger charge is -1.77. The quantitative estimate of drug-likeness (QED) is 0.653. The Kier molecular flexibility index (Phi) is 3.76. The van der Waals surface area contributed by atoms with Gasteiger partial charge in [-0.1, -0.05) is 6.07 Å². The van der Waals surface area contributed by atoms with E-state index in [2.05, 4.69) is 22.1 Å². The van der Waals surface area contributed by atoms with E-state index in [1.807, 2.05) is 32.0 Å². The summed E-state index contributed by atoms with van der Waals surface area (Å²) in [4.78, 5) is 6.92. The van der Waals surface area contributed by atoms with E-state index in [1.54, 1.807) is 12.4 Å². The maximum atomic E-state index is 3.78. The summed E-state index contributed by atoms with van der Waals surface area (Å²) in [5.74, 6) is 0. The Hall–Kier alpha value is -1.57. The fourth-order valence-electron chi connectivity index (χ4n) is 0.957. The van der Waals surface area contributed by atoms with Gasteiger partial charge in [-0.25, -0.2) is 0 Å². The Morgan fingerprint density at radius 2 is 1.46 bits per heavy atom. The van der Waals surface area contributed by atoms with Crippen molar-refractivity contribution in [1.82, 2.24) is 9.97 Å². The van der Waals surface area contributed by atoms with Crippen LogP contribution in [0.3, 0.4) is 0 Å². The molecular weight excluding hydrogens is 160 g/mol. The molecule has 0 saturated heterocycles. The third-order valence-corrected chi connectivity index (χ3v) is 1.54. The second kappa shape index (κ2) is 5.14. The molecule has 0 aliphatic carbocycles. The SMILES string of the molecule is Cc1ccc(C)[nH]1.c1ccncc1. The highest BCUT2D eigenvalue weighted by Crippen LogP contribution is 1.95. The summed E-state index contributed by atoms with van der Waals surface area (Å²) in [6.45, 7) is 4.10. The maximum absolute atomic E-state index is 3.78. The van der Waals surface area contributed by atoms with E-state index in [0.717, 1.165) is 0 Å². The Morgan fingerprint density at radius 1 is 0.923 bits per heavy atom. The minimum atomic E-state index is 1.23. The molecule has 68 valence electrons. The van der Waals surface area contributed by atoms with Crippen LogP contribution in [-0.2, 0) is 0 Å².